The third-order valence-electron chi connectivity index (χ3n) is 4.41. The molecule has 3 aromatic carbocycles. The molecule has 0 bridgehead atoms. The maximum Gasteiger partial charge on any atom is 0.331 e. The van der Waals surface area contributed by atoms with Gasteiger partial charge in [-0.25, -0.2) is 4.79 Å². The maximum atomic E-state index is 12.4. The van der Waals surface area contributed by atoms with Gasteiger partial charge in [0.2, 0.25) is 0 Å². The zero-order valence-corrected chi connectivity index (χ0v) is 13.4. The maximum absolute atomic E-state index is 12.4. The summed E-state index contributed by atoms with van der Waals surface area (Å²) in [7, 11) is 1.35. The van der Waals surface area contributed by atoms with Crippen LogP contribution in [-0.2, 0) is 9.59 Å². The smallest absolute Gasteiger partial charge is 0.273 e. The second-order valence-electron chi connectivity index (χ2n) is 5.91. The molecule has 0 radical (unpaired) electrons. The second kappa shape index (κ2) is 5.56. The van der Waals surface area contributed by atoms with Crippen LogP contribution in [0.25, 0.3) is 27.6 Å². The van der Waals surface area contributed by atoms with E-state index in [4.69, 9.17) is 0 Å². The number of carbonyl (C=O) groups is 3. The van der Waals surface area contributed by atoms with Crippen LogP contribution >= 0.6 is 0 Å². The summed E-state index contributed by atoms with van der Waals surface area (Å²) in [6, 6.07) is 17.0. The van der Waals surface area contributed by atoms with E-state index in [1.165, 1.54) is 7.05 Å². The molecule has 1 heterocycles. The lowest BCUT2D eigenvalue weighted by Crippen LogP contribution is -2.52. The minimum Gasteiger partial charge on any atom is -0.273 e. The van der Waals surface area contributed by atoms with Crippen LogP contribution < -0.4 is 5.32 Å². The number of fused-ring (bicyclic) bond motifs is 2. The molecule has 5 nitrogen and oxygen atoms in total. The van der Waals surface area contributed by atoms with E-state index in [1.54, 1.807) is 6.08 Å². The highest BCUT2D eigenvalue weighted by Crippen LogP contribution is 2.30. The van der Waals surface area contributed by atoms with Gasteiger partial charge in [0.1, 0.15) is 5.57 Å². The van der Waals surface area contributed by atoms with Crippen molar-refractivity contribution in [1.82, 2.24) is 10.2 Å². The molecule has 4 rings (SSSR count). The van der Waals surface area contributed by atoms with Gasteiger partial charge in [-0.05, 0) is 39.3 Å². The molecular formula is C20H14N2O3. The normalized spacial score (nSPS) is 16.8. The monoisotopic (exact) mass is 330 g/mol. The summed E-state index contributed by atoms with van der Waals surface area (Å²) in [5.74, 6) is -1.28. The van der Waals surface area contributed by atoms with Gasteiger partial charge >= 0.3 is 6.03 Å². The molecule has 5 heteroatoms. The van der Waals surface area contributed by atoms with Crippen molar-refractivity contribution in [3.8, 4) is 0 Å². The first-order valence-corrected chi connectivity index (χ1v) is 7.82. The fourth-order valence-electron chi connectivity index (χ4n) is 3.09. The Balaban J connectivity index is 2.03. The van der Waals surface area contributed by atoms with Crippen LogP contribution in [0.5, 0.6) is 0 Å². The number of benzene rings is 3. The summed E-state index contributed by atoms with van der Waals surface area (Å²) >= 11 is 0. The molecule has 0 unspecified atom stereocenters. The van der Waals surface area contributed by atoms with Gasteiger partial charge in [0.05, 0.1) is 0 Å². The third kappa shape index (κ3) is 2.37. The number of nitrogens with one attached hydrogen (secondary N) is 1. The number of likely N-dealkylation sites (N-methyl/N-ethyl adjacent to an activating group) is 1. The third-order valence-corrected chi connectivity index (χ3v) is 4.41. The number of rotatable bonds is 1. The molecule has 1 fully saturated rings. The molecule has 1 N–H and O–H groups in total. The number of amides is 4. The number of nitrogens with zero attached hydrogens (tertiary/aromatic N) is 1. The van der Waals surface area contributed by atoms with Crippen LogP contribution in [0, 0.1) is 0 Å². The van der Waals surface area contributed by atoms with Gasteiger partial charge in [-0.15, -0.1) is 0 Å². The predicted octanol–water partition coefficient (Wildman–Crippen LogP) is 3.08. The van der Waals surface area contributed by atoms with Crippen molar-refractivity contribution in [1.29, 1.82) is 0 Å². The van der Waals surface area contributed by atoms with Crippen LogP contribution in [-0.4, -0.2) is 29.8 Å². The van der Waals surface area contributed by atoms with E-state index in [9.17, 15) is 14.4 Å². The van der Waals surface area contributed by atoms with Gasteiger partial charge in [-0.1, -0.05) is 48.5 Å². The Labute approximate surface area is 143 Å². The predicted molar refractivity (Wildman–Crippen MR) is 95.7 cm³/mol. The Kier molecular flexibility index (Phi) is 3.35. The summed E-state index contributed by atoms with van der Waals surface area (Å²) in [5, 5.41) is 6.09. The van der Waals surface area contributed by atoms with Crippen LogP contribution in [0.4, 0.5) is 4.79 Å². The lowest BCUT2D eigenvalue weighted by Gasteiger charge is -2.22. The van der Waals surface area contributed by atoms with E-state index < -0.39 is 17.8 Å². The molecule has 1 aliphatic heterocycles. The highest BCUT2D eigenvalue weighted by Gasteiger charge is 2.33. The van der Waals surface area contributed by atoms with E-state index in [2.05, 4.69) is 11.4 Å². The first kappa shape index (κ1) is 15.1. The quantitative estimate of drug-likeness (QED) is 0.423. The Hall–Kier alpha value is -3.47. The van der Waals surface area contributed by atoms with Gasteiger partial charge in [0.15, 0.2) is 0 Å². The van der Waals surface area contributed by atoms with E-state index in [0.29, 0.717) is 0 Å². The lowest BCUT2D eigenvalue weighted by molar-refractivity contribution is -0.129. The number of imide groups is 2. The number of hydrogen-bond donors (Lipinski definition) is 1. The minimum absolute atomic E-state index is 0.0522. The topological polar surface area (TPSA) is 66.5 Å². The average Bonchev–Trinajstić information content (AvgIpc) is 2.62. The Bertz CT molecular complexity index is 1040. The molecule has 0 aliphatic carbocycles. The number of carbonyl (C=O) groups excluding carboxylic acids is 3. The molecule has 0 saturated carbocycles. The molecule has 3 aromatic rings. The molecule has 122 valence electrons. The molecule has 4 amide bonds. The van der Waals surface area contributed by atoms with E-state index in [1.807, 2.05) is 48.5 Å². The Morgan fingerprint density at radius 1 is 0.880 bits per heavy atom. The van der Waals surface area contributed by atoms with Gasteiger partial charge < -0.3 is 0 Å². The zero-order valence-electron chi connectivity index (χ0n) is 13.4. The van der Waals surface area contributed by atoms with Gasteiger partial charge in [-0.3, -0.25) is 19.8 Å². The summed E-state index contributed by atoms with van der Waals surface area (Å²) in [6.07, 6.45) is 1.57. The van der Waals surface area contributed by atoms with E-state index >= 15 is 0 Å². The summed E-state index contributed by atoms with van der Waals surface area (Å²) in [5.41, 5.74) is 0.735. The van der Waals surface area contributed by atoms with Crippen molar-refractivity contribution in [2.24, 2.45) is 0 Å². The standard InChI is InChI=1S/C20H14N2O3/c1-22-19(24)17(18(23)21-20(22)25)11-16-14-8-4-2-6-12(14)10-13-7-3-5-9-15(13)16/h2-11H,1H3,(H,21,23,25)/b17-11+. The first-order valence-electron chi connectivity index (χ1n) is 7.82. The summed E-state index contributed by atoms with van der Waals surface area (Å²) in [6.45, 7) is 0. The van der Waals surface area contributed by atoms with Crippen molar-refractivity contribution in [3.63, 3.8) is 0 Å². The highest BCUT2D eigenvalue weighted by atomic mass is 16.2. The van der Waals surface area contributed by atoms with Crippen LogP contribution in [0.3, 0.4) is 0 Å². The molecule has 0 spiro atoms. The van der Waals surface area contributed by atoms with Gasteiger partial charge in [0.25, 0.3) is 11.8 Å². The fourth-order valence-corrected chi connectivity index (χ4v) is 3.09. The number of urea groups is 1. The van der Waals surface area contributed by atoms with Crippen molar-refractivity contribution < 1.29 is 14.4 Å². The van der Waals surface area contributed by atoms with Gasteiger partial charge in [-0.2, -0.15) is 0 Å². The fraction of sp³-hybridized carbons (Fsp3) is 0.0500. The average molecular weight is 330 g/mol. The van der Waals surface area contributed by atoms with E-state index in [0.717, 1.165) is 32.0 Å². The molecule has 1 saturated heterocycles. The van der Waals surface area contributed by atoms with Crippen molar-refractivity contribution in [3.05, 3.63) is 65.7 Å². The van der Waals surface area contributed by atoms with Crippen LogP contribution in [0.15, 0.2) is 60.2 Å². The first-order chi connectivity index (χ1) is 12.1. The summed E-state index contributed by atoms with van der Waals surface area (Å²) < 4.78 is 0. The molecular weight excluding hydrogens is 316 g/mol. The number of hydrogen-bond acceptors (Lipinski definition) is 3. The van der Waals surface area contributed by atoms with Crippen molar-refractivity contribution in [2.45, 2.75) is 0 Å². The molecule has 0 aromatic heterocycles. The molecule has 1 aliphatic rings. The largest absolute Gasteiger partial charge is 0.331 e. The van der Waals surface area contributed by atoms with Crippen molar-refractivity contribution in [2.75, 3.05) is 7.05 Å². The SMILES string of the molecule is CN1C(=O)NC(=O)/C(=C\c2c3ccccc3cc3ccccc23)C1=O. The van der Waals surface area contributed by atoms with Crippen LogP contribution in [0.1, 0.15) is 5.56 Å². The minimum atomic E-state index is -0.713. The highest BCUT2D eigenvalue weighted by molar-refractivity contribution is 6.31. The van der Waals surface area contributed by atoms with Crippen LogP contribution in [0.2, 0.25) is 0 Å². The zero-order chi connectivity index (χ0) is 17.6. The lowest BCUT2D eigenvalue weighted by atomic mass is 9.94. The van der Waals surface area contributed by atoms with Crippen molar-refractivity contribution >= 4 is 45.5 Å². The second-order valence-corrected chi connectivity index (χ2v) is 5.91. The Morgan fingerprint density at radius 3 is 2.04 bits per heavy atom. The van der Waals surface area contributed by atoms with E-state index in [-0.39, 0.29) is 5.57 Å². The van der Waals surface area contributed by atoms with Gasteiger partial charge in [0, 0.05) is 7.05 Å². The Morgan fingerprint density at radius 2 is 1.44 bits per heavy atom. The molecule has 0 atom stereocenters. The molecule has 25 heavy (non-hydrogen) atoms. The summed E-state index contributed by atoms with van der Waals surface area (Å²) in [4.78, 5) is 37.1. The number of barbiturate groups is 1.